The summed E-state index contributed by atoms with van der Waals surface area (Å²) >= 11 is 0. The van der Waals surface area contributed by atoms with E-state index in [-0.39, 0.29) is 36.9 Å². The zero-order chi connectivity index (χ0) is 23.3. The van der Waals surface area contributed by atoms with E-state index >= 15 is 0 Å². The standard InChI is InChI=1S/C22H28O10/c1-8-4-13(30-22-19(27)18(26)17(25)14(31-22)6-29-7-23)16-10(3)21(28)32-20(16)15-9(2)12(24)5-11(8)15/h7,11-20,22,24-27H,1-6H2/t11-,12-,13-,14+,15-,16+,17+,18-,19+,20+,22+/m0/s1. The van der Waals surface area contributed by atoms with Crippen LogP contribution in [0, 0.1) is 17.8 Å². The van der Waals surface area contributed by atoms with Gasteiger partial charge in [-0.3, -0.25) is 4.79 Å². The highest BCUT2D eigenvalue weighted by Crippen LogP contribution is 2.52. The molecule has 10 heteroatoms. The van der Waals surface area contributed by atoms with Gasteiger partial charge in [-0.2, -0.15) is 0 Å². The van der Waals surface area contributed by atoms with Crippen molar-refractivity contribution in [3.63, 3.8) is 0 Å². The Bertz CT molecular complexity index is 824. The van der Waals surface area contributed by atoms with Crippen LogP contribution in [0.5, 0.6) is 0 Å². The number of hydrogen-bond donors (Lipinski definition) is 4. The summed E-state index contributed by atoms with van der Waals surface area (Å²) in [5.41, 5.74) is 1.52. The SMILES string of the molecule is C=C1C(=O)O[C@@H]2[C@H]3C(=C)[C@@H](O)C[C@H]3C(=C)C[C@H](O[C@@H]3O[C@H](COC=O)[C@@H](O)[C@H](O)[C@H]3O)[C@@H]12. The second-order valence-corrected chi connectivity index (χ2v) is 8.86. The largest absolute Gasteiger partial charge is 0.465 e. The number of aliphatic hydroxyl groups excluding tert-OH is 4. The Morgan fingerprint density at radius 3 is 2.47 bits per heavy atom. The van der Waals surface area contributed by atoms with E-state index in [9.17, 15) is 30.0 Å². The molecule has 2 aliphatic heterocycles. The van der Waals surface area contributed by atoms with Gasteiger partial charge in [-0.25, -0.2) is 4.79 Å². The van der Waals surface area contributed by atoms with E-state index in [0.717, 1.165) is 5.57 Å². The quantitative estimate of drug-likeness (QED) is 0.176. The molecule has 10 nitrogen and oxygen atoms in total. The van der Waals surface area contributed by atoms with E-state index in [4.69, 9.17) is 14.2 Å². The summed E-state index contributed by atoms with van der Waals surface area (Å²) in [7, 11) is 0. The zero-order valence-corrected chi connectivity index (χ0v) is 17.4. The predicted molar refractivity (Wildman–Crippen MR) is 107 cm³/mol. The minimum absolute atomic E-state index is 0.171. The van der Waals surface area contributed by atoms with Crippen molar-refractivity contribution in [1.29, 1.82) is 0 Å². The zero-order valence-electron chi connectivity index (χ0n) is 17.4. The maximum Gasteiger partial charge on any atom is 0.334 e. The molecule has 0 bridgehead atoms. The van der Waals surface area contributed by atoms with E-state index in [2.05, 4.69) is 24.5 Å². The number of esters is 1. The van der Waals surface area contributed by atoms with Crippen LogP contribution in [-0.4, -0.2) is 88.5 Å². The van der Waals surface area contributed by atoms with Gasteiger partial charge in [0.05, 0.1) is 18.1 Å². The van der Waals surface area contributed by atoms with Gasteiger partial charge >= 0.3 is 5.97 Å². The molecule has 4 aliphatic rings. The first kappa shape index (κ1) is 23.1. The number of fused-ring (bicyclic) bond motifs is 3. The third kappa shape index (κ3) is 3.70. The summed E-state index contributed by atoms with van der Waals surface area (Å²) in [5.74, 6) is -1.72. The molecule has 0 unspecified atom stereocenters. The molecule has 0 amide bonds. The maximum absolute atomic E-state index is 12.4. The van der Waals surface area contributed by atoms with Gasteiger partial charge in [0.2, 0.25) is 0 Å². The number of rotatable bonds is 5. The Labute approximate surface area is 184 Å². The molecule has 0 spiro atoms. The lowest BCUT2D eigenvalue weighted by molar-refractivity contribution is -0.314. The van der Waals surface area contributed by atoms with Gasteiger partial charge in [-0.05, 0) is 24.3 Å². The molecule has 4 rings (SSSR count). The molecular weight excluding hydrogens is 424 g/mol. The average molecular weight is 452 g/mol. The highest BCUT2D eigenvalue weighted by Gasteiger charge is 2.57. The van der Waals surface area contributed by atoms with Gasteiger partial charge in [0, 0.05) is 11.5 Å². The molecule has 2 aliphatic carbocycles. The van der Waals surface area contributed by atoms with Gasteiger partial charge < -0.3 is 39.4 Å². The first-order valence-electron chi connectivity index (χ1n) is 10.5. The maximum atomic E-state index is 12.4. The van der Waals surface area contributed by atoms with Crippen molar-refractivity contribution in [3.8, 4) is 0 Å². The van der Waals surface area contributed by atoms with Gasteiger partial charge in [0.25, 0.3) is 6.47 Å². The highest BCUT2D eigenvalue weighted by atomic mass is 16.7. The van der Waals surface area contributed by atoms with Gasteiger partial charge in [0.1, 0.15) is 37.1 Å². The molecule has 0 aromatic rings. The number of carbonyl (C=O) groups excluding carboxylic acids is 2. The van der Waals surface area contributed by atoms with Crippen LogP contribution < -0.4 is 0 Å². The van der Waals surface area contributed by atoms with Crippen molar-refractivity contribution in [1.82, 2.24) is 0 Å². The van der Waals surface area contributed by atoms with Crippen LogP contribution in [0.4, 0.5) is 0 Å². The Kier molecular flexibility index (Phi) is 6.27. The number of ether oxygens (including phenoxy) is 4. The lowest BCUT2D eigenvalue weighted by atomic mass is 9.81. The minimum atomic E-state index is -1.61. The number of aliphatic hydroxyl groups is 4. The number of carbonyl (C=O) groups is 2. The molecule has 0 aromatic heterocycles. The summed E-state index contributed by atoms with van der Waals surface area (Å²) in [6, 6.07) is 0. The first-order chi connectivity index (χ1) is 15.1. The fraction of sp³-hybridized carbons (Fsp3) is 0.636. The van der Waals surface area contributed by atoms with Crippen molar-refractivity contribution < 1.29 is 49.0 Å². The molecule has 4 fully saturated rings. The van der Waals surface area contributed by atoms with Crippen molar-refractivity contribution in [3.05, 3.63) is 36.5 Å². The third-order valence-corrected chi connectivity index (χ3v) is 7.08. The van der Waals surface area contributed by atoms with Crippen LogP contribution in [0.3, 0.4) is 0 Å². The van der Waals surface area contributed by atoms with Crippen LogP contribution in [0.25, 0.3) is 0 Å². The summed E-state index contributed by atoms with van der Waals surface area (Å²) in [6.45, 7) is 11.8. The highest BCUT2D eigenvalue weighted by molar-refractivity contribution is 5.91. The monoisotopic (exact) mass is 452 g/mol. The normalized spacial score (nSPS) is 46.3. The topological polar surface area (TPSA) is 152 Å². The van der Waals surface area contributed by atoms with Crippen LogP contribution in [0.1, 0.15) is 12.8 Å². The van der Waals surface area contributed by atoms with Gasteiger partial charge in [-0.1, -0.05) is 25.3 Å². The fourth-order valence-corrected chi connectivity index (χ4v) is 5.36. The molecule has 2 saturated heterocycles. The Morgan fingerprint density at radius 1 is 1.06 bits per heavy atom. The van der Waals surface area contributed by atoms with Crippen molar-refractivity contribution in [2.75, 3.05) is 6.61 Å². The Morgan fingerprint density at radius 2 is 1.78 bits per heavy atom. The van der Waals surface area contributed by atoms with Crippen molar-refractivity contribution in [2.45, 2.75) is 61.9 Å². The average Bonchev–Trinajstić information content (AvgIpc) is 3.18. The molecule has 0 radical (unpaired) electrons. The second-order valence-electron chi connectivity index (χ2n) is 8.86. The molecule has 176 valence electrons. The van der Waals surface area contributed by atoms with Crippen molar-refractivity contribution >= 4 is 12.4 Å². The lowest BCUT2D eigenvalue weighted by Gasteiger charge is -2.42. The minimum Gasteiger partial charge on any atom is -0.465 e. The molecule has 11 atom stereocenters. The smallest absolute Gasteiger partial charge is 0.334 e. The van der Waals surface area contributed by atoms with E-state index in [1.807, 2.05) is 0 Å². The first-order valence-corrected chi connectivity index (χ1v) is 10.5. The van der Waals surface area contributed by atoms with E-state index in [0.29, 0.717) is 12.0 Å². The van der Waals surface area contributed by atoms with Crippen molar-refractivity contribution in [2.24, 2.45) is 17.8 Å². The summed E-state index contributed by atoms with van der Waals surface area (Å²) in [5, 5.41) is 41.1. The van der Waals surface area contributed by atoms with Gasteiger partial charge in [0.15, 0.2) is 6.29 Å². The van der Waals surface area contributed by atoms with E-state index < -0.39 is 60.9 Å². The van der Waals surface area contributed by atoms with Crippen LogP contribution in [0.15, 0.2) is 36.5 Å². The molecule has 0 aromatic carbocycles. The summed E-state index contributed by atoms with van der Waals surface area (Å²) < 4.78 is 21.9. The van der Waals surface area contributed by atoms with E-state index in [1.165, 1.54) is 0 Å². The summed E-state index contributed by atoms with van der Waals surface area (Å²) in [4.78, 5) is 22.9. The molecule has 2 saturated carbocycles. The predicted octanol–water partition coefficient (Wildman–Crippen LogP) is -1.04. The van der Waals surface area contributed by atoms with Crippen LogP contribution in [0.2, 0.25) is 0 Å². The number of hydrogen-bond acceptors (Lipinski definition) is 10. The Balaban J connectivity index is 1.60. The molecule has 4 N–H and O–H groups in total. The lowest BCUT2D eigenvalue weighted by Crippen LogP contribution is -2.60. The molecule has 32 heavy (non-hydrogen) atoms. The molecule has 2 heterocycles. The van der Waals surface area contributed by atoms with E-state index in [1.54, 1.807) is 0 Å². The van der Waals surface area contributed by atoms with Crippen LogP contribution in [-0.2, 0) is 28.5 Å². The summed E-state index contributed by atoms with van der Waals surface area (Å²) in [6.07, 6.45) is -8.73. The third-order valence-electron chi connectivity index (χ3n) is 7.08. The second kappa shape index (κ2) is 8.69. The Hall–Kier alpha value is -2.08. The molecular formula is C22H28O10. The van der Waals surface area contributed by atoms with Gasteiger partial charge in [-0.15, -0.1) is 0 Å². The fourth-order valence-electron chi connectivity index (χ4n) is 5.36. The van der Waals surface area contributed by atoms with Crippen LogP contribution >= 0.6 is 0 Å².